The van der Waals surface area contributed by atoms with Gasteiger partial charge in [0.15, 0.2) is 0 Å². The third-order valence-corrected chi connectivity index (χ3v) is 1.38. The molecule has 11 heavy (non-hydrogen) atoms. The van der Waals surface area contributed by atoms with E-state index in [4.69, 9.17) is 10.8 Å². The highest BCUT2D eigenvalue weighted by Gasteiger charge is 2.15. The van der Waals surface area contributed by atoms with Gasteiger partial charge >= 0.3 is 5.97 Å². The predicted octanol–water partition coefficient (Wildman–Crippen LogP) is 0.139. The van der Waals surface area contributed by atoms with Gasteiger partial charge in [0, 0.05) is 6.42 Å². The molecule has 1 unspecified atom stereocenters. The molecule has 0 bridgehead atoms. The average molecular weight is 157 g/mol. The summed E-state index contributed by atoms with van der Waals surface area (Å²) in [6, 6.07) is 0. The molecule has 0 aromatic heterocycles. The minimum atomic E-state index is -0.990. The van der Waals surface area contributed by atoms with Crippen molar-refractivity contribution in [1.29, 1.82) is 0 Å². The first-order valence-electron chi connectivity index (χ1n) is 3.14. The summed E-state index contributed by atoms with van der Waals surface area (Å²) in [5.41, 5.74) is 5.18. The molecule has 0 spiro atoms. The van der Waals surface area contributed by atoms with E-state index in [2.05, 4.69) is 6.58 Å². The molecule has 0 rings (SSSR count). The molecule has 4 nitrogen and oxygen atoms in total. The SMILES string of the molecule is C=C(CC(N)=O)C(C)C(=O)O. The summed E-state index contributed by atoms with van der Waals surface area (Å²) in [6.45, 7) is 4.90. The van der Waals surface area contributed by atoms with Gasteiger partial charge in [0.1, 0.15) is 0 Å². The van der Waals surface area contributed by atoms with Gasteiger partial charge in [-0.2, -0.15) is 0 Å². The lowest BCUT2D eigenvalue weighted by Gasteiger charge is -2.06. The van der Waals surface area contributed by atoms with Crippen LogP contribution in [0, 0.1) is 5.92 Å². The normalized spacial score (nSPS) is 12.1. The molecule has 0 radical (unpaired) electrons. The Balaban J connectivity index is 4.04. The van der Waals surface area contributed by atoms with Crippen molar-refractivity contribution in [3.05, 3.63) is 12.2 Å². The van der Waals surface area contributed by atoms with Crippen LogP contribution in [0.25, 0.3) is 0 Å². The van der Waals surface area contributed by atoms with E-state index >= 15 is 0 Å². The van der Waals surface area contributed by atoms with Crippen LogP contribution in [0.5, 0.6) is 0 Å². The Labute approximate surface area is 64.7 Å². The first-order chi connectivity index (χ1) is 4.95. The van der Waals surface area contributed by atoms with Crippen LogP contribution in [0.1, 0.15) is 13.3 Å². The zero-order chi connectivity index (χ0) is 9.02. The summed E-state index contributed by atoms with van der Waals surface area (Å²) in [6.07, 6.45) is -0.0620. The number of carboxylic acids is 1. The lowest BCUT2D eigenvalue weighted by atomic mass is 10.0. The number of hydrogen-bond acceptors (Lipinski definition) is 2. The van der Waals surface area contributed by atoms with Crippen molar-refractivity contribution in [3.8, 4) is 0 Å². The number of carbonyl (C=O) groups is 2. The number of carbonyl (C=O) groups excluding carboxylic acids is 1. The predicted molar refractivity (Wildman–Crippen MR) is 39.8 cm³/mol. The van der Waals surface area contributed by atoms with Gasteiger partial charge in [-0.15, -0.1) is 0 Å². The van der Waals surface area contributed by atoms with Crippen LogP contribution in [0.15, 0.2) is 12.2 Å². The van der Waals surface area contributed by atoms with E-state index in [0.29, 0.717) is 5.57 Å². The Kier molecular flexibility index (Phi) is 3.30. The fourth-order valence-corrected chi connectivity index (χ4v) is 0.552. The van der Waals surface area contributed by atoms with Gasteiger partial charge in [-0.05, 0) is 6.92 Å². The molecule has 62 valence electrons. The molecule has 0 saturated carbocycles. The summed E-state index contributed by atoms with van der Waals surface area (Å²) in [7, 11) is 0. The molecule has 3 N–H and O–H groups in total. The largest absolute Gasteiger partial charge is 0.481 e. The maximum atomic E-state index is 10.3. The highest BCUT2D eigenvalue weighted by atomic mass is 16.4. The summed E-state index contributed by atoms with van der Waals surface area (Å²) in [5, 5.41) is 8.45. The maximum Gasteiger partial charge on any atom is 0.310 e. The molecule has 1 amide bonds. The summed E-state index contributed by atoms with van der Waals surface area (Å²) in [4.78, 5) is 20.6. The molecular weight excluding hydrogens is 146 g/mol. The second kappa shape index (κ2) is 3.75. The smallest absolute Gasteiger partial charge is 0.310 e. The van der Waals surface area contributed by atoms with Crippen molar-refractivity contribution in [2.24, 2.45) is 11.7 Å². The molecule has 0 aromatic carbocycles. The second-order valence-electron chi connectivity index (χ2n) is 2.36. The van der Waals surface area contributed by atoms with Crippen molar-refractivity contribution in [2.75, 3.05) is 0 Å². The average Bonchev–Trinajstić information content (AvgIpc) is 1.84. The van der Waals surface area contributed by atoms with Crippen molar-refractivity contribution >= 4 is 11.9 Å². The zero-order valence-electron chi connectivity index (χ0n) is 6.33. The van der Waals surface area contributed by atoms with Crippen LogP contribution >= 0.6 is 0 Å². The van der Waals surface area contributed by atoms with Crippen molar-refractivity contribution in [2.45, 2.75) is 13.3 Å². The Bertz CT molecular complexity index is 198. The third-order valence-electron chi connectivity index (χ3n) is 1.38. The van der Waals surface area contributed by atoms with Gasteiger partial charge in [0.25, 0.3) is 0 Å². The van der Waals surface area contributed by atoms with Crippen LogP contribution in [0.2, 0.25) is 0 Å². The number of carboxylic acid groups (broad SMARTS) is 1. The number of nitrogens with two attached hydrogens (primary N) is 1. The lowest BCUT2D eigenvalue weighted by Crippen LogP contribution is -2.18. The summed E-state index contributed by atoms with van der Waals surface area (Å²) in [5.74, 6) is -2.25. The van der Waals surface area contributed by atoms with Crippen LogP contribution in [0.3, 0.4) is 0 Å². The van der Waals surface area contributed by atoms with Crippen LogP contribution in [-0.2, 0) is 9.59 Å². The molecule has 0 aliphatic carbocycles. The van der Waals surface area contributed by atoms with E-state index in [9.17, 15) is 9.59 Å². The maximum absolute atomic E-state index is 10.3. The van der Waals surface area contributed by atoms with Gasteiger partial charge in [0.05, 0.1) is 5.92 Å². The van der Waals surface area contributed by atoms with Crippen LogP contribution in [-0.4, -0.2) is 17.0 Å². The van der Waals surface area contributed by atoms with E-state index in [1.54, 1.807) is 0 Å². The first kappa shape index (κ1) is 9.68. The van der Waals surface area contributed by atoms with E-state index in [1.807, 2.05) is 0 Å². The lowest BCUT2D eigenvalue weighted by molar-refractivity contribution is -0.139. The van der Waals surface area contributed by atoms with Crippen LogP contribution < -0.4 is 5.73 Å². The number of rotatable bonds is 4. The van der Waals surface area contributed by atoms with Crippen molar-refractivity contribution in [1.82, 2.24) is 0 Å². The summed E-state index contributed by atoms with van der Waals surface area (Å²) >= 11 is 0. The molecule has 0 heterocycles. The fraction of sp³-hybridized carbons (Fsp3) is 0.429. The minimum Gasteiger partial charge on any atom is -0.481 e. The molecular formula is C7H11NO3. The molecule has 1 atom stereocenters. The fourth-order valence-electron chi connectivity index (χ4n) is 0.552. The molecule has 0 saturated heterocycles. The number of amides is 1. The molecule has 0 aliphatic rings. The highest BCUT2D eigenvalue weighted by Crippen LogP contribution is 2.11. The van der Waals surface area contributed by atoms with Gasteiger partial charge in [0.2, 0.25) is 5.91 Å². The van der Waals surface area contributed by atoms with Gasteiger partial charge in [-0.25, -0.2) is 0 Å². The van der Waals surface area contributed by atoms with Gasteiger partial charge < -0.3 is 10.8 Å². The van der Waals surface area contributed by atoms with Crippen LogP contribution in [0.4, 0.5) is 0 Å². The van der Waals surface area contributed by atoms with Crippen molar-refractivity contribution in [3.63, 3.8) is 0 Å². The molecule has 4 heteroatoms. The Hall–Kier alpha value is -1.32. The van der Waals surface area contributed by atoms with E-state index < -0.39 is 17.8 Å². The Morgan fingerprint density at radius 1 is 1.64 bits per heavy atom. The number of hydrogen-bond donors (Lipinski definition) is 2. The Morgan fingerprint density at radius 2 is 2.09 bits per heavy atom. The second-order valence-corrected chi connectivity index (χ2v) is 2.36. The minimum absolute atomic E-state index is 0.0620. The first-order valence-corrected chi connectivity index (χ1v) is 3.14. The molecule has 0 aliphatic heterocycles. The quantitative estimate of drug-likeness (QED) is 0.569. The topological polar surface area (TPSA) is 80.4 Å². The number of aliphatic carboxylic acids is 1. The zero-order valence-corrected chi connectivity index (χ0v) is 6.33. The molecule has 0 fully saturated rings. The third kappa shape index (κ3) is 3.40. The standard InChI is InChI=1S/C7H11NO3/c1-4(3-6(8)9)5(2)7(10)11/h5H,1,3H2,2H3,(H2,8,9)(H,10,11). The van der Waals surface area contributed by atoms with Gasteiger partial charge in [-0.1, -0.05) is 12.2 Å². The molecule has 0 aromatic rings. The van der Waals surface area contributed by atoms with E-state index in [-0.39, 0.29) is 6.42 Å². The van der Waals surface area contributed by atoms with E-state index in [1.165, 1.54) is 6.92 Å². The summed E-state index contributed by atoms with van der Waals surface area (Å²) < 4.78 is 0. The van der Waals surface area contributed by atoms with E-state index in [0.717, 1.165) is 0 Å². The van der Waals surface area contributed by atoms with Crippen molar-refractivity contribution < 1.29 is 14.7 Å². The monoisotopic (exact) mass is 157 g/mol. The Morgan fingerprint density at radius 3 is 2.36 bits per heavy atom. The highest BCUT2D eigenvalue weighted by molar-refractivity contribution is 5.80. The number of primary amides is 1. The van der Waals surface area contributed by atoms with Gasteiger partial charge in [-0.3, -0.25) is 9.59 Å².